The first-order valence-electron chi connectivity index (χ1n) is 10.5. The zero-order valence-corrected chi connectivity index (χ0v) is 19.7. The molecule has 2 amide bonds. The Balaban J connectivity index is 1.66. The molecule has 0 unspecified atom stereocenters. The van der Waals surface area contributed by atoms with Gasteiger partial charge in [0.2, 0.25) is 5.91 Å². The van der Waals surface area contributed by atoms with Gasteiger partial charge < -0.3 is 15.4 Å². The third-order valence-corrected chi connectivity index (χ3v) is 5.46. The molecule has 0 aliphatic heterocycles. The molecule has 0 radical (unpaired) electrons. The fourth-order valence-corrected chi connectivity index (χ4v) is 3.72. The van der Waals surface area contributed by atoms with Crippen LogP contribution in [0.2, 0.25) is 5.02 Å². The van der Waals surface area contributed by atoms with Crippen LogP contribution in [0.1, 0.15) is 23.0 Å². The molecule has 8 heteroatoms. The number of hydrogen-bond donors (Lipinski definition) is 2. The normalized spacial score (nSPS) is 10.6. The Morgan fingerprint density at radius 2 is 1.56 bits per heavy atom. The quantitative estimate of drug-likeness (QED) is 0.374. The second kappa shape index (κ2) is 9.80. The highest BCUT2D eigenvalue weighted by molar-refractivity contribution is 6.30. The number of aromatic nitrogens is 2. The maximum Gasteiger partial charge on any atom is 0.255 e. The van der Waals surface area contributed by atoms with Crippen molar-refractivity contribution in [2.75, 3.05) is 17.7 Å². The molecule has 172 valence electrons. The zero-order valence-electron chi connectivity index (χ0n) is 18.9. The van der Waals surface area contributed by atoms with Gasteiger partial charge in [0.15, 0.2) is 0 Å². The van der Waals surface area contributed by atoms with Crippen LogP contribution < -0.4 is 15.4 Å². The van der Waals surface area contributed by atoms with E-state index < -0.39 is 0 Å². The van der Waals surface area contributed by atoms with Crippen molar-refractivity contribution in [1.82, 2.24) is 9.78 Å². The first kappa shape index (κ1) is 23.1. The Bertz CT molecular complexity index is 1330. The van der Waals surface area contributed by atoms with E-state index in [-0.39, 0.29) is 11.8 Å². The highest BCUT2D eigenvalue weighted by atomic mass is 35.5. The van der Waals surface area contributed by atoms with E-state index in [1.165, 1.54) is 6.92 Å². The summed E-state index contributed by atoms with van der Waals surface area (Å²) in [4.78, 5) is 24.6. The summed E-state index contributed by atoms with van der Waals surface area (Å²) in [5.41, 5.74) is 4.29. The Morgan fingerprint density at radius 3 is 2.15 bits per heavy atom. The lowest BCUT2D eigenvalue weighted by atomic mass is 10.1. The summed E-state index contributed by atoms with van der Waals surface area (Å²) >= 11 is 5.90. The van der Waals surface area contributed by atoms with Gasteiger partial charge in [-0.05, 0) is 73.2 Å². The Morgan fingerprint density at radius 1 is 0.912 bits per heavy atom. The zero-order chi connectivity index (χ0) is 24.2. The van der Waals surface area contributed by atoms with E-state index in [9.17, 15) is 9.59 Å². The first-order chi connectivity index (χ1) is 16.4. The molecule has 4 rings (SSSR count). The second-order valence-corrected chi connectivity index (χ2v) is 8.07. The number of methoxy groups -OCH3 is 1. The van der Waals surface area contributed by atoms with Gasteiger partial charge >= 0.3 is 0 Å². The molecule has 4 aromatic rings. The lowest BCUT2D eigenvalue weighted by molar-refractivity contribution is -0.114. The topological polar surface area (TPSA) is 85.2 Å². The van der Waals surface area contributed by atoms with Crippen LogP contribution in [-0.4, -0.2) is 28.7 Å². The largest absolute Gasteiger partial charge is 0.497 e. The molecule has 0 bridgehead atoms. The Hall–Kier alpha value is -4.10. The average Bonchev–Trinajstić information content (AvgIpc) is 3.15. The predicted octanol–water partition coefficient (Wildman–Crippen LogP) is 5.72. The van der Waals surface area contributed by atoms with Crippen molar-refractivity contribution in [1.29, 1.82) is 0 Å². The van der Waals surface area contributed by atoms with Gasteiger partial charge in [-0.2, -0.15) is 5.10 Å². The number of ether oxygens (including phenoxy) is 1. The summed E-state index contributed by atoms with van der Waals surface area (Å²) < 4.78 is 6.91. The molecule has 0 saturated heterocycles. The number of carbonyl (C=O) groups excluding carboxylic acids is 2. The minimum absolute atomic E-state index is 0.213. The van der Waals surface area contributed by atoms with Gasteiger partial charge in [0.25, 0.3) is 5.91 Å². The minimum Gasteiger partial charge on any atom is -0.497 e. The van der Waals surface area contributed by atoms with Crippen LogP contribution in [-0.2, 0) is 4.79 Å². The summed E-state index contributed by atoms with van der Waals surface area (Å²) in [6, 6.07) is 21.4. The molecule has 1 aromatic heterocycles. The van der Waals surface area contributed by atoms with Crippen LogP contribution in [0.5, 0.6) is 5.75 Å². The Labute approximate surface area is 202 Å². The van der Waals surface area contributed by atoms with Crippen molar-refractivity contribution in [3.05, 3.63) is 89.1 Å². The van der Waals surface area contributed by atoms with Gasteiger partial charge in [0.05, 0.1) is 18.5 Å². The van der Waals surface area contributed by atoms with Gasteiger partial charge in [-0.25, -0.2) is 4.68 Å². The third kappa shape index (κ3) is 4.94. The second-order valence-electron chi connectivity index (χ2n) is 7.64. The molecule has 7 nitrogen and oxygen atoms in total. The van der Waals surface area contributed by atoms with Gasteiger partial charge in [0.1, 0.15) is 11.6 Å². The van der Waals surface area contributed by atoms with E-state index in [1.54, 1.807) is 60.3 Å². The smallest absolute Gasteiger partial charge is 0.255 e. The standard InChI is InChI=1S/C26H23ClN4O3/c1-16-24(18-6-14-23(34-3)15-7-18)25(28-17(2)32)31(30-16)22-12-4-19(5-13-22)26(33)29-21-10-8-20(27)9-11-21/h4-15H,1-3H3,(H,28,32)(H,29,33). The van der Waals surface area contributed by atoms with Gasteiger partial charge in [0, 0.05) is 28.8 Å². The number of aryl methyl sites for hydroxylation is 1. The molecule has 1 heterocycles. The van der Waals surface area contributed by atoms with E-state index in [4.69, 9.17) is 16.3 Å². The van der Waals surface area contributed by atoms with E-state index in [1.807, 2.05) is 31.2 Å². The lowest BCUT2D eigenvalue weighted by Gasteiger charge is -2.11. The molecule has 0 aliphatic rings. The number of carbonyl (C=O) groups is 2. The van der Waals surface area contributed by atoms with E-state index in [0.717, 1.165) is 22.6 Å². The molecular weight excluding hydrogens is 452 g/mol. The SMILES string of the molecule is COc1ccc(-c2c(C)nn(-c3ccc(C(=O)Nc4ccc(Cl)cc4)cc3)c2NC(C)=O)cc1. The van der Waals surface area contributed by atoms with Crippen molar-refractivity contribution in [3.8, 4) is 22.6 Å². The molecule has 0 aliphatic carbocycles. The van der Waals surface area contributed by atoms with Gasteiger partial charge in [-0.1, -0.05) is 23.7 Å². The lowest BCUT2D eigenvalue weighted by Crippen LogP contribution is -2.13. The molecule has 0 spiro atoms. The van der Waals surface area contributed by atoms with E-state index in [2.05, 4.69) is 15.7 Å². The van der Waals surface area contributed by atoms with Gasteiger partial charge in [-0.3, -0.25) is 9.59 Å². The van der Waals surface area contributed by atoms with Crippen LogP contribution in [0, 0.1) is 6.92 Å². The monoisotopic (exact) mass is 474 g/mol. The summed E-state index contributed by atoms with van der Waals surface area (Å²) in [6.45, 7) is 3.34. The van der Waals surface area contributed by atoms with Crippen LogP contribution in [0.4, 0.5) is 11.5 Å². The highest BCUT2D eigenvalue weighted by Crippen LogP contribution is 2.34. The molecule has 0 atom stereocenters. The Kier molecular flexibility index (Phi) is 6.65. The summed E-state index contributed by atoms with van der Waals surface area (Å²) in [7, 11) is 1.61. The predicted molar refractivity (Wildman–Crippen MR) is 134 cm³/mol. The molecule has 0 saturated carbocycles. The third-order valence-electron chi connectivity index (χ3n) is 5.21. The summed E-state index contributed by atoms with van der Waals surface area (Å²) in [6.07, 6.45) is 0. The maximum atomic E-state index is 12.6. The number of nitrogens with one attached hydrogen (secondary N) is 2. The average molecular weight is 475 g/mol. The van der Waals surface area contributed by atoms with Crippen molar-refractivity contribution >= 4 is 34.9 Å². The molecule has 0 fully saturated rings. The number of benzene rings is 3. The van der Waals surface area contributed by atoms with Crippen molar-refractivity contribution in [2.45, 2.75) is 13.8 Å². The number of rotatable bonds is 6. The van der Waals surface area contributed by atoms with Crippen molar-refractivity contribution < 1.29 is 14.3 Å². The van der Waals surface area contributed by atoms with E-state index >= 15 is 0 Å². The van der Waals surface area contributed by atoms with Crippen LogP contribution in [0.15, 0.2) is 72.8 Å². The van der Waals surface area contributed by atoms with Gasteiger partial charge in [-0.15, -0.1) is 0 Å². The van der Waals surface area contributed by atoms with Crippen molar-refractivity contribution in [3.63, 3.8) is 0 Å². The van der Waals surface area contributed by atoms with Crippen LogP contribution >= 0.6 is 11.6 Å². The number of hydrogen-bond acceptors (Lipinski definition) is 4. The summed E-state index contributed by atoms with van der Waals surface area (Å²) in [5, 5.41) is 11.0. The van der Waals surface area contributed by atoms with Crippen LogP contribution in [0.3, 0.4) is 0 Å². The highest BCUT2D eigenvalue weighted by Gasteiger charge is 2.19. The number of nitrogens with zero attached hydrogens (tertiary/aromatic N) is 2. The summed E-state index contributed by atoms with van der Waals surface area (Å²) in [5.74, 6) is 0.831. The fourth-order valence-electron chi connectivity index (χ4n) is 3.59. The molecule has 34 heavy (non-hydrogen) atoms. The maximum absolute atomic E-state index is 12.6. The van der Waals surface area contributed by atoms with Crippen LogP contribution in [0.25, 0.3) is 16.8 Å². The molecule has 3 aromatic carbocycles. The van der Waals surface area contributed by atoms with E-state index in [0.29, 0.717) is 27.8 Å². The molecular formula is C26H23ClN4O3. The number of halogens is 1. The first-order valence-corrected chi connectivity index (χ1v) is 10.9. The number of anilines is 2. The fraction of sp³-hybridized carbons (Fsp3) is 0.115. The molecule has 2 N–H and O–H groups in total. The van der Waals surface area contributed by atoms with Crippen molar-refractivity contribution in [2.24, 2.45) is 0 Å². The number of amides is 2. The minimum atomic E-state index is -0.244.